The second kappa shape index (κ2) is 5.77. The van der Waals surface area contributed by atoms with E-state index in [1.54, 1.807) is 23.7 Å². The Labute approximate surface area is 128 Å². The van der Waals surface area contributed by atoms with Crippen LogP contribution < -0.4 is 5.32 Å². The minimum Gasteiger partial charge on any atom is -0.367 e. The molecule has 0 aliphatic carbocycles. The van der Waals surface area contributed by atoms with Crippen molar-refractivity contribution < 1.29 is 0 Å². The average Bonchev–Trinajstić information content (AvgIpc) is 2.91. The summed E-state index contributed by atoms with van der Waals surface area (Å²) >= 11 is 1.74. The molecule has 0 saturated heterocycles. The summed E-state index contributed by atoms with van der Waals surface area (Å²) < 4.78 is 0. The van der Waals surface area contributed by atoms with Crippen LogP contribution in [-0.2, 0) is 6.42 Å². The van der Waals surface area contributed by atoms with Gasteiger partial charge < -0.3 is 5.32 Å². The average molecular weight is 298 g/mol. The molecule has 0 bridgehead atoms. The lowest BCUT2D eigenvalue weighted by molar-refractivity contribution is 0.891. The third kappa shape index (κ3) is 2.88. The third-order valence-electron chi connectivity index (χ3n) is 3.14. The zero-order chi connectivity index (χ0) is 14.8. The van der Waals surface area contributed by atoms with E-state index >= 15 is 0 Å². The van der Waals surface area contributed by atoms with Crippen LogP contribution in [0.15, 0.2) is 30.6 Å². The number of thiophene rings is 1. The minimum absolute atomic E-state index is 0.329. The standard InChI is InChI=1S/C16H18N4S/c1-4-12-8-13-15(18-10(2)3)19-14(20-16(13)21-12)11-6-5-7-17-9-11/h5-10H,4H2,1-3H3,(H,18,19,20). The Balaban J connectivity index is 2.18. The van der Waals surface area contributed by atoms with E-state index in [1.807, 2.05) is 12.1 Å². The lowest BCUT2D eigenvalue weighted by Gasteiger charge is -2.11. The van der Waals surface area contributed by atoms with Gasteiger partial charge in [-0.3, -0.25) is 4.98 Å². The molecule has 0 aliphatic rings. The molecule has 21 heavy (non-hydrogen) atoms. The van der Waals surface area contributed by atoms with E-state index in [-0.39, 0.29) is 0 Å². The molecule has 0 unspecified atom stereocenters. The number of rotatable bonds is 4. The van der Waals surface area contributed by atoms with Crippen molar-refractivity contribution in [3.8, 4) is 11.4 Å². The van der Waals surface area contributed by atoms with Crippen molar-refractivity contribution in [3.05, 3.63) is 35.5 Å². The van der Waals surface area contributed by atoms with Crippen LogP contribution >= 0.6 is 11.3 Å². The van der Waals surface area contributed by atoms with E-state index in [9.17, 15) is 0 Å². The summed E-state index contributed by atoms with van der Waals surface area (Å²) in [6, 6.07) is 6.42. The first-order valence-electron chi connectivity index (χ1n) is 7.14. The molecule has 0 amide bonds. The molecule has 0 spiro atoms. The maximum atomic E-state index is 4.71. The Bertz CT molecular complexity index is 750. The van der Waals surface area contributed by atoms with Gasteiger partial charge in [-0.05, 0) is 38.5 Å². The van der Waals surface area contributed by atoms with E-state index in [0.717, 1.165) is 33.8 Å². The zero-order valence-corrected chi connectivity index (χ0v) is 13.2. The third-order valence-corrected chi connectivity index (χ3v) is 4.31. The highest BCUT2D eigenvalue weighted by Crippen LogP contribution is 2.31. The van der Waals surface area contributed by atoms with Crippen LogP contribution in [0, 0.1) is 0 Å². The fraction of sp³-hybridized carbons (Fsp3) is 0.312. The van der Waals surface area contributed by atoms with E-state index in [2.05, 4.69) is 37.1 Å². The summed E-state index contributed by atoms with van der Waals surface area (Å²) in [5, 5.41) is 4.54. The number of nitrogens with one attached hydrogen (secondary N) is 1. The Morgan fingerprint density at radius 1 is 1.29 bits per heavy atom. The smallest absolute Gasteiger partial charge is 0.164 e. The van der Waals surface area contributed by atoms with Crippen molar-refractivity contribution in [2.75, 3.05) is 5.32 Å². The van der Waals surface area contributed by atoms with Gasteiger partial charge in [0.15, 0.2) is 5.82 Å². The zero-order valence-electron chi connectivity index (χ0n) is 12.4. The van der Waals surface area contributed by atoms with Gasteiger partial charge in [-0.25, -0.2) is 9.97 Å². The molecule has 0 atom stereocenters. The lowest BCUT2D eigenvalue weighted by atomic mass is 10.2. The first-order valence-corrected chi connectivity index (χ1v) is 7.96. The monoisotopic (exact) mass is 298 g/mol. The van der Waals surface area contributed by atoms with Crippen LogP contribution in [0.1, 0.15) is 25.6 Å². The van der Waals surface area contributed by atoms with Gasteiger partial charge in [0.2, 0.25) is 0 Å². The number of aromatic nitrogens is 3. The Morgan fingerprint density at radius 3 is 2.81 bits per heavy atom. The molecule has 1 N–H and O–H groups in total. The molecule has 0 aromatic carbocycles. The normalized spacial score (nSPS) is 11.2. The van der Waals surface area contributed by atoms with E-state index in [1.165, 1.54) is 4.88 Å². The number of pyridine rings is 1. The Kier molecular flexibility index (Phi) is 3.84. The number of fused-ring (bicyclic) bond motifs is 1. The topological polar surface area (TPSA) is 50.7 Å². The second-order valence-corrected chi connectivity index (χ2v) is 6.34. The fourth-order valence-corrected chi connectivity index (χ4v) is 3.12. The molecule has 0 aliphatic heterocycles. The van der Waals surface area contributed by atoms with Crippen LogP contribution in [0.25, 0.3) is 21.6 Å². The van der Waals surface area contributed by atoms with Gasteiger partial charge >= 0.3 is 0 Å². The molecule has 3 aromatic heterocycles. The number of aryl methyl sites for hydroxylation is 1. The number of hydrogen-bond donors (Lipinski definition) is 1. The van der Waals surface area contributed by atoms with E-state index < -0.39 is 0 Å². The van der Waals surface area contributed by atoms with Crippen LogP contribution in [0.5, 0.6) is 0 Å². The molecule has 108 valence electrons. The van der Waals surface area contributed by atoms with Crippen molar-refractivity contribution in [1.82, 2.24) is 15.0 Å². The summed E-state index contributed by atoms with van der Waals surface area (Å²) in [6.07, 6.45) is 4.58. The van der Waals surface area contributed by atoms with Gasteiger partial charge in [0.1, 0.15) is 10.6 Å². The van der Waals surface area contributed by atoms with Crippen LogP contribution in [-0.4, -0.2) is 21.0 Å². The molecule has 5 heteroatoms. The summed E-state index contributed by atoms with van der Waals surface area (Å²) in [4.78, 5) is 15.9. The predicted octanol–water partition coefficient (Wildman–Crippen LogP) is 4.14. The van der Waals surface area contributed by atoms with Crippen molar-refractivity contribution in [1.29, 1.82) is 0 Å². The van der Waals surface area contributed by atoms with Gasteiger partial charge in [-0.15, -0.1) is 11.3 Å². The number of nitrogens with zero attached hydrogens (tertiary/aromatic N) is 3. The fourth-order valence-electron chi connectivity index (χ4n) is 2.15. The highest BCUT2D eigenvalue weighted by atomic mass is 32.1. The number of anilines is 1. The first-order chi connectivity index (χ1) is 10.2. The highest BCUT2D eigenvalue weighted by molar-refractivity contribution is 7.18. The first kappa shape index (κ1) is 13.9. The largest absolute Gasteiger partial charge is 0.367 e. The van der Waals surface area contributed by atoms with Gasteiger partial charge in [0, 0.05) is 28.9 Å². The minimum atomic E-state index is 0.329. The van der Waals surface area contributed by atoms with E-state index in [0.29, 0.717) is 6.04 Å². The Morgan fingerprint density at radius 2 is 2.14 bits per heavy atom. The maximum Gasteiger partial charge on any atom is 0.164 e. The molecular formula is C16H18N4S. The van der Waals surface area contributed by atoms with Gasteiger partial charge in [-0.2, -0.15) is 0 Å². The molecule has 3 rings (SSSR count). The van der Waals surface area contributed by atoms with Gasteiger partial charge in [-0.1, -0.05) is 6.92 Å². The predicted molar refractivity (Wildman–Crippen MR) is 88.8 cm³/mol. The van der Waals surface area contributed by atoms with E-state index in [4.69, 9.17) is 9.97 Å². The SMILES string of the molecule is CCc1cc2c(NC(C)C)nc(-c3cccnc3)nc2s1. The summed E-state index contributed by atoms with van der Waals surface area (Å²) in [5.74, 6) is 1.63. The Hall–Kier alpha value is -2.01. The summed E-state index contributed by atoms with van der Waals surface area (Å²) in [7, 11) is 0. The maximum absolute atomic E-state index is 4.71. The highest BCUT2D eigenvalue weighted by Gasteiger charge is 2.13. The van der Waals surface area contributed by atoms with Gasteiger partial charge in [0.05, 0.1) is 5.39 Å². The van der Waals surface area contributed by atoms with Crippen LogP contribution in [0.3, 0.4) is 0 Å². The molecule has 0 saturated carbocycles. The molecule has 3 aromatic rings. The molecule has 4 nitrogen and oxygen atoms in total. The number of hydrogen-bond acceptors (Lipinski definition) is 5. The summed E-state index contributed by atoms with van der Waals surface area (Å²) in [5.41, 5.74) is 0.942. The van der Waals surface area contributed by atoms with Crippen molar-refractivity contribution in [2.45, 2.75) is 33.2 Å². The second-order valence-electron chi connectivity index (χ2n) is 5.22. The van der Waals surface area contributed by atoms with Crippen LogP contribution in [0.2, 0.25) is 0 Å². The van der Waals surface area contributed by atoms with Gasteiger partial charge in [0.25, 0.3) is 0 Å². The van der Waals surface area contributed by atoms with Crippen molar-refractivity contribution in [2.24, 2.45) is 0 Å². The molecule has 0 radical (unpaired) electrons. The quantitative estimate of drug-likeness (QED) is 0.786. The van der Waals surface area contributed by atoms with Crippen LogP contribution in [0.4, 0.5) is 5.82 Å². The molecule has 3 heterocycles. The van der Waals surface area contributed by atoms with Crippen molar-refractivity contribution >= 4 is 27.4 Å². The van der Waals surface area contributed by atoms with Crippen molar-refractivity contribution in [3.63, 3.8) is 0 Å². The molecular weight excluding hydrogens is 280 g/mol. The molecule has 0 fully saturated rings. The lowest BCUT2D eigenvalue weighted by Crippen LogP contribution is -2.12. The summed E-state index contributed by atoms with van der Waals surface area (Å²) in [6.45, 7) is 6.39.